The fourth-order valence-electron chi connectivity index (χ4n) is 1.32. The van der Waals surface area contributed by atoms with Gasteiger partial charge < -0.3 is 14.2 Å². The van der Waals surface area contributed by atoms with E-state index in [9.17, 15) is 4.79 Å². The summed E-state index contributed by atoms with van der Waals surface area (Å²) in [6.07, 6.45) is 2.13. The van der Waals surface area contributed by atoms with E-state index in [2.05, 4.69) is 6.92 Å². The van der Waals surface area contributed by atoms with Gasteiger partial charge in [0.2, 0.25) is 0 Å². The van der Waals surface area contributed by atoms with Crippen LogP contribution in [0.1, 0.15) is 30.1 Å². The second-order valence-electron chi connectivity index (χ2n) is 3.86. The maximum Gasteiger partial charge on any atom is 0.338 e. The summed E-state index contributed by atoms with van der Waals surface area (Å²) < 4.78 is 15.3. The van der Waals surface area contributed by atoms with E-state index in [1.807, 2.05) is 0 Å². The standard InChI is InChI=1S/C14H20O4/c1-3-4-9-17-13-7-5-12(6-8-13)14(15)18-11-10-16-2/h5-8H,3-4,9-11H2,1-2H3. The first-order valence-corrected chi connectivity index (χ1v) is 6.17. The molecule has 100 valence electrons. The molecule has 18 heavy (non-hydrogen) atoms. The van der Waals surface area contributed by atoms with Gasteiger partial charge in [0.05, 0.1) is 18.8 Å². The summed E-state index contributed by atoms with van der Waals surface area (Å²) >= 11 is 0. The Balaban J connectivity index is 2.41. The Kier molecular flexibility index (Phi) is 6.87. The molecule has 0 spiro atoms. The number of ether oxygens (including phenoxy) is 3. The maximum atomic E-state index is 11.6. The molecule has 0 aromatic heterocycles. The van der Waals surface area contributed by atoms with E-state index >= 15 is 0 Å². The minimum absolute atomic E-state index is 0.268. The Morgan fingerprint density at radius 3 is 2.44 bits per heavy atom. The van der Waals surface area contributed by atoms with Crippen molar-refractivity contribution < 1.29 is 19.0 Å². The normalized spacial score (nSPS) is 10.1. The van der Waals surface area contributed by atoms with Crippen LogP contribution in [0.3, 0.4) is 0 Å². The van der Waals surface area contributed by atoms with Crippen LogP contribution in [0.2, 0.25) is 0 Å². The predicted molar refractivity (Wildman–Crippen MR) is 69.0 cm³/mol. The first-order chi connectivity index (χ1) is 8.77. The quantitative estimate of drug-likeness (QED) is 0.527. The van der Waals surface area contributed by atoms with Crippen molar-refractivity contribution in [2.75, 3.05) is 26.9 Å². The van der Waals surface area contributed by atoms with Crippen LogP contribution < -0.4 is 4.74 Å². The number of carbonyl (C=O) groups is 1. The van der Waals surface area contributed by atoms with Gasteiger partial charge in [0.25, 0.3) is 0 Å². The zero-order valence-electron chi connectivity index (χ0n) is 11.0. The molecule has 0 unspecified atom stereocenters. The van der Waals surface area contributed by atoms with Gasteiger partial charge in [-0.1, -0.05) is 13.3 Å². The van der Waals surface area contributed by atoms with Crippen LogP contribution in [0.5, 0.6) is 5.75 Å². The van der Waals surface area contributed by atoms with Crippen LogP contribution in [0.4, 0.5) is 0 Å². The van der Waals surface area contributed by atoms with E-state index in [0.717, 1.165) is 18.6 Å². The molecule has 0 bridgehead atoms. The van der Waals surface area contributed by atoms with Gasteiger partial charge in [-0.15, -0.1) is 0 Å². The SMILES string of the molecule is CCCCOc1ccc(C(=O)OCCOC)cc1. The van der Waals surface area contributed by atoms with Gasteiger partial charge in [-0.25, -0.2) is 4.79 Å². The van der Waals surface area contributed by atoms with Crippen LogP contribution in [0.25, 0.3) is 0 Å². The van der Waals surface area contributed by atoms with Crippen LogP contribution in [0, 0.1) is 0 Å². The number of benzene rings is 1. The molecule has 1 aromatic rings. The molecule has 0 saturated carbocycles. The van der Waals surface area contributed by atoms with Crippen LogP contribution in [-0.2, 0) is 9.47 Å². The second kappa shape index (κ2) is 8.53. The lowest BCUT2D eigenvalue weighted by Gasteiger charge is -2.07. The molecular formula is C14H20O4. The van der Waals surface area contributed by atoms with Gasteiger partial charge in [0.1, 0.15) is 12.4 Å². The first kappa shape index (κ1) is 14.5. The Morgan fingerprint density at radius 1 is 1.11 bits per heavy atom. The molecule has 4 nitrogen and oxygen atoms in total. The molecule has 0 aliphatic carbocycles. The Morgan fingerprint density at radius 2 is 1.83 bits per heavy atom. The molecule has 0 N–H and O–H groups in total. The first-order valence-electron chi connectivity index (χ1n) is 6.17. The smallest absolute Gasteiger partial charge is 0.338 e. The van der Waals surface area contributed by atoms with Crippen molar-refractivity contribution in [3.63, 3.8) is 0 Å². The largest absolute Gasteiger partial charge is 0.494 e. The molecule has 0 aliphatic heterocycles. The second-order valence-corrected chi connectivity index (χ2v) is 3.86. The lowest BCUT2D eigenvalue weighted by Crippen LogP contribution is -2.09. The fourth-order valence-corrected chi connectivity index (χ4v) is 1.32. The average molecular weight is 252 g/mol. The summed E-state index contributed by atoms with van der Waals surface area (Å²) in [5.41, 5.74) is 0.522. The minimum Gasteiger partial charge on any atom is -0.494 e. The van der Waals surface area contributed by atoms with Crippen LogP contribution >= 0.6 is 0 Å². The highest BCUT2D eigenvalue weighted by atomic mass is 16.6. The van der Waals surface area contributed by atoms with Gasteiger partial charge in [-0.2, -0.15) is 0 Å². The van der Waals surface area contributed by atoms with Crippen molar-refractivity contribution in [2.45, 2.75) is 19.8 Å². The number of hydrogen-bond acceptors (Lipinski definition) is 4. The number of esters is 1. The summed E-state index contributed by atoms with van der Waals surface area (Å²) in [4.78, 5) is 11.6. The number of rotatable bonds is 8. The summed E-state index contributed by atoms with van der Waals surface area (Å²) in [5.74, 6) is 0.434. The summed E-state index contributed by atoms with van der Waals surface area (Å²) in [7, 11) is 1.57. The van der Waals surface area contributed by atoms with E-state index in [-0.39, 0.29) is 12.6 Å². The molecule has 1 aromatic carbocycles. The van der Waals surface area contributed by atoms with Crippen LogP contribution in [0.15, 0.2) is 24.3 Å². The number of hydrogen-bond donors (Lipinski definition) is 0. The number of carbonyl (C=O) groups excluding carboxylic acids is 1. The molecule has 0 fully saturated rings. The Bertz CT molecular complexity index is 345. The van der Waals surface area contributed by atoms with E-state index < -0.39 is 0 Å². The third-order valence-electron chi connectivity index (χ3n) is 2.38. The van der Waals surface area contributed by atoms with Crippen molar-refractivity contribution in [1.82, 2.24) is 0 Å². The molecule has 0 atom stereocenters. The van der Waals surface area contributed by atoms with E-state index in [1.54, 1.807) is 31.4 Å². The van der Waals surface area contributed by atoms with Crippen molar-refractivity contribution in [3.8, 4) is 5.75 Å². The number of unbranched alkanes of at least 4 members (excludes halogenated alkanes) is 1. The van der Waals surface area contributed by atoms with E-state index in [0.29, 0.717) is 18.8 Å². The van der Waals surface area contributed by atoms with Gasteiger partial charge in [-0.05, 0) is 30.7 Å². The minimum atomic E-state index is -0.341. The average Bonchev–Trinajstić information content (AvgIpc) is 2.40. The van der Waals surface area contributed by atoms with Gasteiger partial charge >= 0.3 is 5.97 Å². The molecule has 1 rings (SSSR count). The highest BCUT2D eigenvalue weighted by Gasteiger charge is 2.06. The molecule has 0 amide bonds. The van der Waals surface area contributed by atoms with Crippen molar-refractivity contribution in [3.05, 3.63) is 29.8 Å². The third-order valence-corrected chi connectivity index (χ3v) is 2.38. The van der Waals surface area contributed by atoms with Gasteiger partial charge in [0, 0.05) is 7.11 Å². The van der Waals surface area contributed by atoms with Crippen molar-refractivity contribution in [1.29, 1.82) is 0 Å². The molecule has 4 heteroatoms. The topological polar surface area (TPSA) is 44.8 Å². The summed E-state index contributed by atoms with van der Waals surface area (Å²) in [6.45, 7) is 3.49. The third kappa shape index (κ3) is 5.19. The lowest BCUT2D eigenvalue weighted by molar-refractivity contribution is 0.0388. The van der Waals surface area contributed by atoms with E-state index in [4.69, 9.17) is 14.2 Å². The molecular weight excluding hydrogens is 232 g/mol. The highest BCUT2D eigenvalue weighted by molar-refractivity contribution is 5.89. The van der Waals surface area contributed by atoms with Gasteiger partial charge in [0.15, 0.2) is 0 Å². The predicted octanol–water partition coefficient (Wildman–Crippen LogP) is 2.67. The van der Waals surface area contributed by atoms with E-state index in [1.165, 1.54) is 0 Å². The Hall–Kier alpha value is -1.55. The summed E-state index contributed by atoms with van der Waals surface area (Å²) in [5, 5.41) is 0. The van der Waals surface area contributed by atoms with Crippen LogP contribution in [-0.4, -0.2) is 32.9 Å². The van der Waals surface area contributed by atoms with Crippen molar-refractivity contribution in [2.24, 2.45) is 0 Å². The molecule has 0 heterocycles. The summed E-state index contributed by atoms with van der Waals surface area (Å²) in [6, 6.07) is 6.97. The monoisotopic (exact) mass is 252 g/mol. The molecule has 0 radical (unpaired) electrons. The van der Waals surface area contributed by atoms with Crippen molar-refractivity contribution >= 4 is 5.97 Å². The van der Waals surface area contributed by atoms with Gasteiger partial charge in [-0.3, -0.25) is 0 Å². The Labute approximate surface area is 108 Å². The zero-order chi connectivity index (χ0) is 13.2. The lowest BCUT2D eigenvalue weighted by atomic mass is 10.2. The fraction of sp³-hybridized carbons (Fsp3) is 0.500. The molecule has 0 aliphatic rings. The molecule has 0 saturated heterocycles. The maximum absolute atomic E-state index is 11.6. The number of methoxy groups -OCH3 is 1. The highest BCUT2D eigenvalue weighted by Crippen LogP contribution is 2.13. The zero-order valence-corrected chi connectivity index (χ0v) is 11.0.